The van der Waals surface area contributed by atoms with E-state index in [-0.39, 0.29) is 46.2 Å². The molecule has 4 nitrogen and oxygen atoms in total. The van der Waals surface area contributed by atoms with E-state index >= 15 is 0 Å². The molecule has 0 spiro atoms. The summed E-state index contributed by atoms with van der Waals surface area (Å²) in [7, 11) is 0. The molecule has 1 fully saturated rings. The number of nitrogens with zero attached hydrogens (tertiary/aromatic N) is 3. The van der Waals surface area contributed by atoms with Gasteiger partial charge in [-0.1, -0.05) is 23.7 Å². The summed E-state index contributed by atoms with van der Waals surface area (Å²) < 4.78 is 53.8. The normalized spacial score (nSPS) is 19.9. The maximum Gasteiger partial charge on any atom is 0.433 e. The molecule has 0 saturated heterocycles. The van der Waals surface area contributed by atoms with E-state index in [1.54, 1.807) is 12.1 Å². The quantitative estimate of drug-likeness (QED) is 0.590. The van der Waals surface area contributed by atoms with Crippen LogP contribution in [-0.2, 0) is 6.18 Å². The second kappa shape index (κ2) is 6.30. The number of rotatable bonds is 2. The second-order valence-corrected chi connectivity index (χ2v) is 6.80. The monoisotopic (exact) mass is 397 g/mol. The van der Waals surface area contributed by atoms with E-state index in [2.05, 4.69) is 9.97 Å². The Morgan fingerprint density at radius 3 is 2.41 bits per heavy atom. The van der Waals surface area contributed by atoms with E-state index in [0.29, 0.717) is 0 Å². The van der Waals surface area contributed by atoms with Gasteiger partial charge >= 0.3 is 11.9 Å². The SMILES string of the molecule is O=c1nc(C2CC(F)C2)c2ccc(C(F)(F)F)nc2n1-c1ccccc1Cl. The molecule has 2 aromatic heterocycles. The van der Waals surface area contributed by atoms with Crippen molar-refractivity contribution in [3.8, 4) is 5.69 Å². The first kappa shape index (κ1) is 17.9. The van der Waals surface area contributed by atoms with E-state index in [4.69, 9.17) is 11.6 Å². The van der Waals surface area contributed by atoms with Crippen molar-refractivity contribution in [2.24, 2.45) is 0 Å². The number of hydrogen-bond acceptors (Lipinski definition) is 3. The molecule has 0 radical (unpaired) electrons. The Morgan fingerprint density at radius 1 is 1.07 bits per heavy atom. The number of para-hydroxylation sites is 1. The van der Waals surface area contributed by atoms with Crippen molar-refractivity contribution in [2.45, 2.75) is 31.1 Å². The van der Waals surface area contributed by atoms with Gasteiger partial charge in [-0.15, -0.1) is 0 Å². The summed E-state index contributed by atoms with van der Waals surface area (Å²) in [4.78, 5) is 20.4. The number of alkyl halides is 4. The number of pyridine rings is 1. The van der Waals surface area contributed by atoms with E-state index in [1.165, 1.54) is 18.2 Å². The van der Waals surface area contributed by atoms with Crippen LogP contribution >= 0.6 is 11.6 Å². The summed E-state index contributed by atoms with van der Waals surface area (Å²) in [5.41, 5.74) is -1.69. The van der Waals surface area contributed by atoms with Gasteiger partial charge in [-0.05, 0) is 37.1 Å². The highest BCUT2D eigenvalue weighted by atomic mass is 35.5. The fraction of sp³-hybridized carbons (Fsp3) is 0.278. The molecular weight excluding hydrogens is 386 g/mol. The van der Waals surface area contributed by atoms with Gasteiger partial charge in [0.15, 0.2) is 5.65 Å². The topological polar surface area (TPSA) is 47.8 Å². The first-order valence-electron chi connectivity index (χ1n) is 8.15. The van der Waals surface area contributed by atoms with E-state index in [0.717, 1.165) is 10.6 Å². The van der Waals surface area contributed by atoms with Gasteiger partial charge in [0.1, 0.15) is 11.9 Å². The lowest BCUT2D eigenvalue weighted by Gasteiger charge is -2.30. The van der Waals surface area contributed by atoms with Gasteiger partial charge in [0, 0.05) is 11.3 Å². The van der Waals surface area contributed by atoms with Crippen LogP contribution < -0.4 is 5.69 Å². The summed E-state index contributed by atoms with van der Waals surface area (Å²) in [5, 5.41) is 0.446. The van der Waals surface area contributed by atoms with Gasteiger partial charge in [-0.3, -0.25) is 0 Å². The molecule has 27 heavy (non-hydrogen) atoms. The van der Waals surface area contributed by atoms with Crippen LogP contribution in [0.25, 0.3) is 16.7 Å². The smallest absolute Gasteiger partial charge is 0.247 e. The average molecular weight is 398 g/mol. The molecule has 0 aliphatic heterocycles. The lowest BCUT2D eigenvalue weighted by Crippen LogP contribution is -2.30. The molecule has 1 aliphatic rings. The van der Waals surface area contributed by atoms with Crippen molar-refractivity contribution < 1.29 is 17.6 Å². The van der Waals surface area contributed by atoms with Gasteiger partial charge in [-0.25, -0.2) is 18.7 Å². The number of benzene rings is 1. The Labute approximate surface area is 155 Å². The van der Waals surface area contributed by atoms with Crippen LogP contribution in [0.5, 0.6) is 0 Å². The molecule has 0 N–H and O–H groups in total. The largest absolute Gasteiger partial charge is 0.433 e. The predicted molar refractivity (Wildman–Crippen MR) is 92.0 cm³/mol. The molecule has 1 saturated carbocycles. The van der Waals surface area contributed by atoms with Crippen LogP contribution in [0.2, 0.25) is 5.02 Å². The first-order chi connectivity index (χ1) is 12.8. The predicted octanol–water partition coefficient (Wildman–Crippen LogP) is 4.67. The fourth-order valence-corrected chi connectivity index (χ4v) is 3.43. The number of halogens is 5. The van der Waals surface area contributed by atoms with Gasteiger partial charge < -0.3 is 0 Å². The third-order valence-electron chi connectivity index (χ3n) is 4.62. The third-order valence-corrected chi connectivity index (χ3v) is 4.94. The van der Waals surface area contributed by atoms with Crippen molar-refractivity contribution in [3.63, 3.8) is 0 Å². The zero-order valence-electron chi connectivity index (χ0n) is 13.7. The molecule has 0 amide bonds. The van der Waals surface area contributed by atoms with Gasteiger partial charge in [-0.2, -0.15) is 18.2 Å². The highest BCUT2D eigenvalue weighted by Gasteiger charge is 2.36. The molecule has 3 aromatic rings. The van der Waals surface area contributed by atoms with Crippen LogP contribution in [0.4, 0.5) is 17.6 Å². The Balaban J connectivity index is 2.05. The van der Waals surface area contributed by atoms with E-state index in [9.17, 15) is 22.4 Å². The Kier molecular flexibility index (Phi) is 4.18. The molecule has 4 rings (SSSR count). The maximum absolute atomic E-state index is 13.3. The van der Waals surface area contributed by atoms with Crippen LogP contribution in [0.15, 0.2) is 41.2 Å². The minimum absolute atomic E-state index is 0.169. The van der Waals surface area contributed by atoms with Crippen LogP contribution in [-0.4, -0.2) is 20.7 Å². The van der Waals surface area contributed by atoms with Crippen molar-refractivity contribution in [1.82, 2.24) is 14.5 Å². The molecule has 9 heteroatoms. The molecular formula is C18H12ClF4N3O. The second-order valence-electron chi connectivity index (χ2n) is 6.40. The van der Waals surface area contributed by atoms with Crippen molar-refractivity contribution in [1.29, 1.82) is 0 Å². The summed E-state index contributed by atoms with van der Waals surface area (Å²) in [5.74, 6) is -0.324. The molecule has 140 valence electrons. The minimum Gasteiger partial charge on any atom is -0.247 e. The van der Waals surface area contributed by atoms with Crippen molar-refractivity contribution >= 4 is 22.6 Å². The van der Waals surface area contributed by atoms with E-state index < -0.39 is 23.7 Å². The molecule has 0 atom stereocenters. The molecule has 0 bridgehead atoms. The van der Waals surface area contributed by atoms with Crippen LogP contribution in [0, 0.1) is 0 Å². The van der Waals surface area contributed by atoms with Gasteiger partial charge in [0.25, 0.3) is 0 Å². The zero-order chi connectivity index (χ0) is 19.3. The summed E-state index contributed by atoms with van der Waals surface area (Å²) >= 11 is 6.13. The third kappa shape index (κ3) is 3.07. The standard InChI is InChI=1S/C18H12ClF4N3O/c19-12-3-1-2-4-13(12)26-16-11(5-6-14(24-16)18(21,22)23)15(25-17(26)27)9-7-10(20)8-9/h1-6,9-10H,7-8H2. The molecule has 1 aromatic carbocycles. The van der Waals surface area contributed by atoms with Gasteiger partial charge in [0.2, 0.25) is 0 Å². The highest BCUT2D eigenvalue weighted by molar-refractivity contribution is 6.32. The van der Waals surface area contributed by atoms with Crippen LogP contribution in [0.3, 0.4) is 0 Å². The average Bonchev–Trinajstić information content (AvgIpc) is 2.58. The minimum atomic E-state index is -4.68. The molecule has 0 unspecified atom stereocenters. The summed E-state index contributed by atoms with van der Waals surface area (Å²) in [6.45, 7) is 0. The zero-order valence-corrected chi connectivity index (χ0v) is 14.4. The van der Waals surface area contributed by atoms with Crippen LogP contribution in [0.1, 0.15) is 30.1 Å². The van der Waals surface area contributed by atoms with Crippen molar-refractivity contribution in [2.75, 3.05) is 0 Å². The van der Waals surface area contributed by atoms with Crippen molar-refractivity contribution in [3.05, 3.63) is 63.3 Å². The lowest BCUT2D eigenvalue weighted by molar-refractivity contribution is -0.141. The fourth-order valence-electron chi connectivity index (χ4n) is 3.21. The molecule has 2 heterocycles. The molecule has 1 aliphatic carbocycles. The highest BCUT2D eigenvalue weighted by Crippen LogP contribution is 2.40. The summed E-state index contributed by atoms with van der Waals surface area (Å²) in [6.07, 6.45) is -5.32. The Bertz CT molecular complexity index is 1090. The first-order valence-corrected chi connectivity index (χ1v) is 8.53. The Morgan fingerprint density at radius 2 is 1.78 bits per heavy atom. The number of aromatic nitrogens is 3. The van der Waals surface area contributed by atoms with Gasteiger partial charge in [0.05, 0.1) is 16.4 Å². The Hall–Kier alpha value is -2.48. The summed E-state index contributed by atoms with van der Waals surface area (Å²) in [6, 6.07) is 8.29. The lowest BCUT2D eigenvalue weighted by atomic mass is 9.80. The number of hydrogen-bond donors (Lipinski definition) is 0. The van der Waals surface area contributed by atoms with E-state index in [1.807, 2.05) is 0 Å². The number of fused-ring (bicyclic) bond motifs is 1. The maximum atomic E-state index is 13.3.